The third kappa shape index (κ3) is 2.76. The molecular formula is C13H25NO2. The Labute approximate surface area is 98.6 Å². The Morgan fingerprint density at radius 2 is 2.12 bits per heavy atom. The molecule has 16 heavy (non-hydrogen) atoms. The van der Waals surface area contributed by atoms with Crippen LogP contribution in [0.5, 0.6) is 0 Å². The fourth-order valence-corrected chi connectivity index (χ4v) is 3.22. The maximum atomic E-state index is 10.2. The fourth-order valence-electron chi connectivity index (χ4n) is 3.22. The lowest BCUT2D eigenvalue weighted by Gasteiger charge is -2.25. The summed E-state index contributed by atoms with van der Waals surface area (Å²) in [7, 11) is 0. The van der Waals surface area contributed by atoms with Crippen molar-refractivity contribution in [3.05, 3.63) is 0 Å². The molecule has 0 aromatic heterocycles. The highest BCUT2D eigenvalue weighted by molar-refractivity contribution is 4.94. The van der Waals surface area contributed by atoms with E-state index < -0.39 is 5.60 Å². The van der Waals surface area contributed by atoms with Crippen LogP contribution in [-0.2, 0) is 4.74 Å². The molecular weight excluding hydrogens is 202 g/mol. The third-order valence-electron chi connectivity index (χ3n) is 4.11. The first-order valence-electron chi connectivity index (χ1n) is 6.44. The van der Waals surface area contributed by atoms with Gasteiger partial charge in [-0.1, -0.05) is 20.8 Å². The maximum Gasteiger partial charge on any atom is 0.102 e. The van der Waals surface area contributed by atoms with E-state index in [1.54, 1.807) is 0 Å². The Morgan fingerprint density at radius 3 is 2.62 bits per heavy atom. The van der Waals surface area contributed by atoms with Gasteiger partial charge in [-0.05, 0) is 24.2 Å². The van der Waals surface area contributed by atoms with Crippen molar-refractivity contribution >= 4 is 0 Å². The molecule has 1 aliphatic carbocycles. The molecule has 1 aliphatic heterocycles. The van der Waals surface area contributed by atoms with Crippen molar-refractivity contribution < 1.29 is 9.84 Å². The summed E-state index contributed by atoms with van der Waals surface area (Å²) in [5.41, 5.74) is -0.168. The quantitative estimate of drug-likeness (QED) is 0.768. The minimum atomic E-state index is -0.619. The lowest BCUT2D eigenvalue weighted by atomic mass is 9.91. The van der Waals surface area contributed by atoms with Gasteiger partial charge in [0.25, 0.3) is 0 Å². The standard InChI is InChI=1S/C13H25NO2/c1-10-6-12(2,3)7-11(10)14-8-13(15)4-5-16-9-13/h10-11,14-15H,4-9H2,1-3H3/t10-,11-,13-/m1/s1. The molecule has 2 aliphatic rings. The van der Waals surface area contributed by atoms with E-state index in [1.165, 1.54) is 12.8 Å². The Hall–Kier alpha value is -0.120. The minimum absolute atomic E-state index is 0.450. The summed E-state index contributed by atoms with van der Waals surface area (Å²) in [5, 5.41) is 13.7. The van der Waals surface area contributed by atoms with Gasteiger partial charge in [-0.3, -0.25) is 0 Å². The van der Waals surface area contributed by atoms with Gasteiger partial charge in [0.2, 0.25) is 0 Å². The van der Waals surface area contributed by atoms with Gasteiger partial charge in [-0.15, -0.1) is 0 Å². The van der Waals surface area contributed by atoms with E-state index in [0.717, 1.165) is 6.42 Å². The first-order valence-corrected chi connectivity index (χ1v) is 6.44. The Kier molecular flexibility index (Phi) is 3.30. The molecule has 0 radical (unpaired) electrons. The van der Waals surface area contributed by atoms with Gasteiger partial charge in [0.15, 0.2) is 0 Å². The SMILES string of the molecule is C[C@@H]1CC(C)(C)C[C@H]1NC[C@]1(O)CCOC1. The molecule has 0 aromatic carbocycles. The average Bonchev–Trinajstić information content (AvgIpc) is 2.68. The lowest BCUT2D eigenvalue weighted by molar-refractivity contribution is 0.0238. The zero-order valence-corrected chi connectivity index (χ0v) is 10.8. The van der Waals surface area contributed by atoms with Crippen molar-refractivity contribution in [1.82, 2.24) is 5.32 Å². The van der Waals surface area contributed by atoms with Gasteiger partial charge in [0.05, 0.1) is 6.61 Å². The molecule has 0 unspecified atom stereocenters. The summed E-state index contributed by atoms with van der Waals surface area (Å²) in [6.07, 6.45) is 3.26. The summed E-state index contributed by atoms with van der Waals surface area (Å²) < 4.78 is 5.25. The van der Waals surface area contributed by atoms with Gasteiger partial charge in [-0.2, -0.15) is 0 Å². The smallest absolute Gasteiger partial charge is 0.102 e. The number of hydrogen-bond acceptors (Lipinski definition) is 3. The summed E-state index contributed by atoms with van der Waals surface area (Å²) in [6.45, 7) is 8.84. The van der Waals surface area contributed by atoms with Crippen LogP contribution in [0, 0.1) is 11.3 Å². The molecule has 2 rings (SSSR count). The number of ether oxygens (including phenoxy) is 1. The number of nitrogens with one attached hydrogen (secondary N) is 1. The normalized spacial score (nSPS) is 42.8. The molecule has 0 spiro atoms. The first-order chi connectivity index (χ1) is 7.40. The molecule has 3 atom stereocenters. The summed E-state index contributed by atoms with van der Waals surface area (Å²) >= 11 is 0. The van der Waals surface area contributed by atoms with E-state index in [9.17, 15) is 5.11 Å². The van der Waals surface area contributed by atoms with Crippen LogP contribution in [0.25, 0.3) is 0 Å². The second-order valence-corrected chi connectivity index (χ2v) is 6.56. The second kappa shape index (κ2) is 4.28. The van der Waals surface area contributed by atoms with Crippen LogP contribution in [0.2, 0.25) is 0 Å². The van der Waals surface area contributed by atoms with Crippen molar-refractivity contribution in [1.29, 1.82) is 0 Å². The van der Waals surface area contributed by atoms with E-state index in [2.05, 4.69) is 26.1 Å². The Balaban J connectivity index is 1.82. The topological polar surface area (TPSA) is 41.5 Å². The largest absolute Gasteiger partial charge is 0.386 e. The number of hydrogen-bond donors (Lipinski definition) is 2. The van der Waals surface area contributed by atoms with E-state index in [1.807, 2.05) is 0 Å². The highest BCUT2D eigenvalue weighted by Crippen LogP contribution is 2.40. The zero-order chi connectivity index (χ0) is 11.8. The second-order valence-electron chi connectivity index (χ2n) is 6.56. The highest BCUT2D eigenvalue weighted by atomic mass is 16.5. The average molecular weight is 227 g/mol. The molecule has 3 heteroatoms. The third-order valence-corrected chi connectivity index (χ3v) is 4.11. The van der Waals surface area contributed by atoms with Gasteiger partial charge in [0, 0.05) is 25.6 Å². The van der Waals surface area contributed by atoms with E-state index in [4.69, 9.17) is 4.74 Å². The first kappa shape index (κ1) is 12.3. The van der Waals surface area contributed by atoms with Crippen LogP contribution >= 0.6 is 0 Å². The van der Waals surface area contributed by atoms with E-state index >= 15 is 0 Å². The van der Waals surface area contributed by atoms with Gasteiger partial charge < -0.3 is 15.2 Å². The van der Waals surface area contributed by atoms with Crippen LogP contribution in [0.3, 0.4) is 0 Å². The predicted octanol–water partition coefficient (Wildman–Crippen LogP) is 1.55. The summed E-state index contributed by atoms with van der Waals surface area (Å²) in [4.78, 5) is 0. The van der Waals surface area contributed by atoms with Crippen molar-refractivity contribution in [2.24, 2.45) is 11.3 Å². The monoisotopic (exact) mass is 227 g/mol. The van der Waals surface area contributed by atoms with Crippen LogP contribution < -0.4 is 5.32 Å². The molecule has 1 saturated carbocycles. The van der Waals surface area contributed by atoms with Gasteiger partial charge >= 0.3 is 0 Å². The highest BCUT2D eigenvalue weighted by Gasteiger charge is 2.39. The lowest BCUT2D eigenvalue weighted by Crippen LogP contribution is -2.45. The van der Waals surface area contributed by atoms with Crippen molar-refractivity contribution in [2.45, 2.75) is 51.7 Å². The summed E-state index contributed by atoms with van der Waals surface area (Å²) in [6, 6.07) is 0.555. The zero-order valence-electron chi connectivity index (χ0n) is 10.8. The molecule has 3 nitrogen and oxygen atoms in total. The van der Waals surface area contributed by atoms with Crippen LogP contribution in [0.1, 0.15) is 40.0 Å². The van der Waals surface area contributed by atoms with Crippen molar-refractivity contribution in [2.75, 3.05) is 19.8 Å². The van der Waals surface area contributed by atoms with E-state index in [-0.39, 0.29) is 0 Å². The molecule has 1 saturated heterocycles. The van der Waals surface area contributed by atoms with Crippen LogP contribution in [0.15, 0.2) is 0 Å². The van der Waals surface area contributed by atoms with Gasteiger partial charge in [0.1, 0.15) is 5.60 Å². The number of rotatable bonds is 3. The van der Waals surface area contributed by atoms with Crippen molar-refractivity contribution in [3.8, 4) is 0 Å². The molecule has 0 amide bonds. The molecule has 2 fully saturated rings. The van der Waals surface area contributed by atoms with Crippen molar-refractivity contribution in [3.63, 3.8) is 0 Å². The predicted molar refractivity (Wildman–Crippen MR) is 64.4 cm³/mol. The van der Waals surface area contributed by atoms with Crippen LogP contribution in [-0.4, -0.2) is 36.5 Å². The molecule has 0 bridgehead atoms. The van der Waals surface area contributed by atoms with Gasteiger partial charge in [-0.25, -0.2) is 0 Å². The molecule has 94 valence electrons. The Bertz CT molecular complexity index is 246. The maximum absolute atomic E-state index is 10.2. The van der Waals surface area contributed by atoms with Crippen LogP contribution in [0.4, 0.5) is 0 Å². The fraction of sp³-hybridized carbons (Fsp3) is 1.00. The molecule has 2 N–H and O–H groups in total. The minimum Gasteiger partial charge on any atom is -0.386 e. The Morgan fingerprint density at radius 1 is 1.38 bits per heavy atom. The van der Waals surface area contributed by atoms with E-state index in [0.29, 0.717) is 37.1 Å². The molecule has 1 heterocycles. The molecule has 0 aromatic rings. The summed E-state index contributed by atoms with van der Waals surface area (Å²) in [5.74, 6) is 0.709. The number of aliphatic hydroxyl groups is 1.